The monoisotopic (exact) mass is 331 g/mol. The topological polar surface area (TPSA) is 54.5 Å². The fraction of sp³-hybridized carbons (Fsp3) is 0.412. The minimum Gasteiger partial charge on any atom is -0.375 e. The number of benzene rings is 1. The van der Waals surface area contributed by atoms with Crippen molar-refractivity contribution in [2.75, 3.05) is 19.7 Å². The van der Waals surface area contributed by atoms with Crippen molar-refractivity contribution in [2.24, 2.45) is 0 Å². The molecule has 1 saturated heterocycles. The summed E-state index contributed by atoms with van der Waals surface area (Å²) >= 11 is 1.58. The van der Waals surface area contributed by atoms with Crippen molar-refractivity contribution in [3.63, 3.8) is 0 Å². The van der Waals surface area contributed by atoms with E-state index in [1.165, 1.54) is 0 Å². The molecule has 1 unspecified atom stereocenters. The Morgan fingerprint density at radius 2 is 2.22 bits per heavy atom. The highest BCUT2D eigenvalue weighted by Gasteiger charge is 2.22. The summed E-state index contributed by atoms with van der Waals surface area (Å²) in [5, 5.41) is 6.16. The number of morpholine rings is 1. The Hall–Kier alpha value is -1.76. The van der Waals surface area contributed by atoms with Gasteiger partial charge in [-0.3, -0.25) is 4.79 Å². The molecule has 1 atom stereocenters. The number of nitrogens with one attached hydrogen (secondary N) is 1. The van der Waals surface area contributed by atoms with Gasteiger partial charge < -0.3 is 15.0 Å². The lowest BCUT2D eigenvalue weighted by Crippen LogP contribution is -2.42. The van der Waals surface area contributed by atoms with Crippen LogP contribution in [-0.4, -0.2) is 41.6 Å². The first-order valence-corrected chi connectivity index (χ1v) is 8.71. The van der Waals surface area contributed by atoms with Crippen molar-refractivity contribution < 1.29 is 9.53 Å². The number of carbonyl (C=O) groups excluding carboxylic acids is 1. The van der Waals surface area contributed by atoms with Gasteiger partial charge in [0.2, 0.25) is 5.91 Å². The van der Waals surface area contributed by atoms with Crippen LogP contribution in [0, 0.1) is 0 Å². The van der Waals surface area contributed by atoms with Gasteiger partial charge in [0.1, 0.15) is 5.01 Å². The Balaban J connectivity index is 1.66. The second-order valence-electron chi connectivity index (χ2n) is 5.56. The highest BCUT2D eigenvalue weighted by molar-refractivity contribution is 7.09. The van der Waals surface area contributed by atoms with E-state index in [9.17, 15) is 4.79 Å². The number of hydrogen-bond acceptors (Lipinski definition) is 5. The third-order valence-electron chi connectivity index (χ3n) is 3.79. The molecule has 2 aromatic rings. The first-order valence-electron chi connectivity index (χ1n) is 7.83. The molecule has 1 aliphatic rings. The fourth-order valence-electron chi connectivity index (χ4n) is 2.61. The summed E-state index contributed by atoms with van der Waals surface area (Å²) in [6.07, 6.45) is 2.15. The second-order valence-corrected chi connectivity index (χ2v) is 6.54. The van der Waals surface area contributed by atoms with E-state index < -0.39 is 0 Å². The van der Waals surface area contributed by atoms with Crippen molar-refractivity contribution in [3.8, 4) is 0 Å². The maximum Gasteiger partial charge on any atom is 0.225 e. The summed E-state index contributed by atoms with van der Waals surface area (Å²) in [4.78, 5) is 18.9. The largest absolute Gasteiger partial charge is 0.375 e. The lowest BCUT2D eigenvalue weighted by molar-refractivity contribution is -0.136. The Bertz CT molecular complexity index is 598. The van der Waals surface area contributed by atoms with Gasteiger partial charge >= 0.3 is 0 Å². The zero-order valence-corrected chi connectivity index (χ0v) is 13.8. The molecule has 0 bridgehead atoms. The zero-order valence-electron chi connectivity index (χ0n) is 13.0. The molecule has 0 aliphatic carbocycles. The van der Waals surface area contributed by atoms with Crippen LogP contribution in [0.1, 0.15) is 17.0 Å². The van der Waals surface area contributed by atoms with E-state index in [0.717, 1.165) is 23.7 Å². The minimum atomic E-state index is -0.0363. The summed E-state index contributed by atoms with van der Waals surface area (Å²) < 4.78 is 5.66. The number of amides is 1. The van der Waals surface area contributed by atoms with Gasteiger partial charge in [-0.1, -0.05) is 30.3 Å². The average molecular weight is 331 g/mol. The van der Waals surface area contributed by atoms with E-state index in [-0.39, 0.29) is 12.0 Å². The molecular formula is C17H21N3O2S. The van der Waals surface area contributed by atoms with E-state index in [1.54, 1.807) is 17.5 Å². The van der Waals surface area contributed by atoms with Crippen molar-refractivity contribution in [2.45, 2.75) is 25.6 Å². The Morgan fingerprint density at radius 3 is 2.91 bits per heavy atom. The van der Waals surface area contributed by atoms with Crippen LogP contribution in [0.25, 0.3) is 0 Å². The van der Waals surface area contributed by atoms with Gasteiger partial charge in [-0.15, -0.1) is 11.3 Å². The van der Waals surface area contributed by atoms with Crippen LogP contribution in [0.3, 0.4) is 0 Å². The first kappa shape index (κ1) is 16.1. The highest BCUT2D eigenvalue weighted by atomic mass is 32.1. The predicted molar refractivity (Wildman–Crippen MR) is 90.0 cm³/mol. The standard InChI is InChI=1S/C17H21N3O2S/c21-17(10-15-11-18-6-8-22-15)20(13-16-19-7-9-23-16)12-14-4-2-1-3-5-14/h1-5,7,9,15,18H,6,8,10-13H2. The Morgan fingerprint density at radius 1 is 1.35 bits per heavy atom. The van der Waals surface area contributed by atoms with E-state index in [2.05, 4.69) is 10.3 Å². The molecule has 1 aromatic heterocycles. The highest BCUT2D eigenvalue weighted by Crippen LogP contribution is 2.15. The average Bonchev–Trinajstić information content (AvgIpc) is 3.09. The number of carbonyl (C=O) groups is 1. The molecule has 6 heteroatoms. The molecule has 0 radical (unpaired) electrons. The summed E-state index contributed by atoms with van der Waals surface area (Å²) in [5.41, 5.74) is 1.13. The van der Waals surface area contributed by atoms with E-state index in [4.69, 9.17) is 4.74 Å². The Labute approximate surface area is 140 Å². The molecule has 1 aromatic carbocycles. The third kappa shape index (κ3) is 4.86. The van der Waals surface area contributed by atoms with Gasteiger partial charge in [-0.05, 0) is 5.56 Å². The maximum atomic E-state index is 12.7. The molecule has 1 N–H and O–H groups in total. The molecule has 1 fully saturated rings. The number of hydrogen-bond donors (Lipinski definition) is 1. The van der Waals surface area contributed by atoms with Gasteiger partial charge in [-0.25, -0.2) is 4.98 Å². The van der Waals surface area contributed by atoms with Gasteiger partial charge in [-0.2, -0.15) is 0 Å². The molecule has 5 nitrogen and oxygen atoms in total. The summed E-state index contributed by atoms with van der Waals surface area (Å²) in [7, 11) is 0. The summed E-state index contributed by atoms with van der Waals surface area (Å²) in [5.74, 6) is 0.109. The smallest absolute Gasteiger partial charge is 0.225 e. The third-order valence-corrected chi connectivity index (χ3v) is 4.55. The number of thiazole rings is 1. The lowest BCUT2D eigenvalue weighted by Gasteiger charge is -2.27. The molecule has 1 amide bonds. The molecular weight excluding hydrogens is 310 g/mol. The van der Waals surface area contributed by atoms with Crippen LogP contribution in [0.4, 0.5) is 0 Å². The van der Waals surface area contributed by atoms with E-state index >= 15 is 0 Å². The van der Waals surface area contributed by atoms with Crippen LogP contribution >= 0.6 is 11.3 Å². The predicted octanol–water partition coefficient (Wildman–Crippen LogP) is 2.05. The fourth-order valence-corrected chi connectivity index (χ4v) is 3.24. The minimum absolute atomic E-state index is 0.0363. The zero-order chi connectivity index (χ0) is 15.9. The second kappa shape index (κ2) is 8.19. The van der Waals surface area contributed by atoms with Gasteiger partial charge in [0, 0.05) is 31.2 Å². The SMILES string of the molecule is O=C(CC1CNCCO1)N(Cc1ccccc1)Cc1nccs1. The van der Waals surface area contributed by atoms with Crippen molar-refractivity contribution in [1.82, 2.24) is 15.2 Å². The molecule has 1 aliphatic heterocycles. The van der Waals surface area contributed by atoms with E-state index in [1.807, 2.05) is 40.6 Å². The van der Waals surface area contributed by atoms with Crippen LogP contribution < -0.4 is 5.32 Å². The van der Waals surface area contributed by atoms with E-state index in [0.29, 0.717) is 26.1 Å². The quantitative estimate of drug-likeness (QED) is 0.880. The van der Waals surface area contributed by atoms with Crippen LogP contribution in [0.15, 0.2) is 41.9 Å². The maximum absolute atomic E-state index is 12.7. The molecule has 0 saturated carbocycles. The number of nitrogens with zero attached hydrogens (tertiary/aromatic N) is 2. The molecule has 3 rings (SSSR count). The lowest BCUT2D eigenvalue weighted by atomic mass is 10.1. The molecule has 0 spiro atoms. The molecule has 2 heterocycles. The number of ether oxygens (including phenoxy) is 1. The first-order chi connectivity index (χ1) is 11.3. The van der Waals surface area contributed by atoms with Gasteiger partial charge in [0.15, 0.2) is 0 Å². The number of aromatic nitrogens is 1. The van der Waals surface area contributed by atoms with Crippen molar-refractivity contribution >= 4 is 17.2 Å². The van der Waals surface area contributed by atoms with Crippen LogP contribution in [-0.2, 0) is 22.6 Å². The molecule has 23 heavy (non-hydrogen) atoms. The van der Waals surface area contributed by atoms with Crippen LogP contribution in [0.5, 0.6) is 0 Å². The van der Waals surface area contributed by atoms with Gasteiger partial charge in [0.25, 0.3) is 0 Å². The van der Waals surface area contributed by atoms with Crippen LogP contribution in [0.2, 0.25) is 0 Å². The number of rotatable bonds is 6. The normalized spacial score (nSPS) is 17.8. The van der Waals surface area contributed by atoms with Gasteiger partial charge in [0.05, 0.1) is 25.7 Å². The van der Waals surface area contributed by atoms with Crippen molar-refractivity contribution in [3.05, 3.63) is 52.5 Å². The molecule has 122 valence electrons. The Kier molecular flexibility index (Phi) is 5.74. The summed E-state index contributed by atoms with van der Waals surface area (Å²) in [6.45, 7) is 3.41. The summed E-state index contributed by atoms with van der Waals surface area (Å²) in [6, 6.07) is 10.1. The van der Waals surface area contributed by atoms with Crippen molar-refractivity contribution in [1.29, 1.82) is 0 Å².